The number of benzene rings is 1. The zero-order chi connectivity index (χ0) is 14.1. The van der Waals surface area contributed by atoms with Crippen LogP contribution in [0.15, 0.2) is 27.1 Å². The topological polar surface area (TPSA) is 29.3 Å². The maximum absolute atomic E-state index is 6.12. The molecule has 2 aliphatic carbocycles. The zero-order valence-electron chi connectivity index (χ0n) is 11.7. The molecular formula is C16H22Br2N2. The zero-order valence-corrected chi connectivity index (χ0v) is 14.9. The molecule has 1 unspecified atom stereocenters. The second-order valence-electron chi connectivity index (χ2n) is 6.27. The third-order valence-electron chi connectivity index (χ3n) is 4.37. The maximum atomic E-state index is 6.12. The first-order valence-electron chi connectivity index (χ1n) is 7.56. The average molecular weight is 402 g/mol. The molecule has 0 spiro atoms. The van der Waals surface area contributed by atoms with Gasteiger partial charge >= 0.3 is 0 Å². The van der Waals surface area contributed by atoms with Gasteiger partial charge < -0.3 is 5.73 Å². The third kappa shape index (κ3) is 3.85. The van der Waals surface area contributed by atoms with Gasteiger partial charge in [0, 0.05) is 34.6 Å². The summed E-state index contributed by atoms with van der Waals surface area (Å²) >= 11 is 7.16. The Morgan fingerprint density at radius 3 is 2.10 bits per heavy atom. The Hall–Kier alpha value is 0.1000. The van der Waals surface area contributed by atoms with E-state index in [1.165, 1.54) is 44.3 Å². The van der Waals surface area contributed by atoms with Crippen LogP contribution in [0.1, 0.15) is 37.3 Å². The van der Waals surface area contributed by atoms with Gasteiger partial charge in [-0.15, -0.1) is 0 Å². The fourth-order valence-electron chi connectivity index (χ4n) is 2.81. The molecule has 1 aromatic carbocycles. The molecule has 0 aromatic heterocycles. The second kappa shape index (κ2) is 6.47. The van der Waals surface area contributed by atoms with Crippen LogP contribution < -0.4 is 5.73 Å². The minimum Gasteiger partial charge on any atom is -0.329 e. The van der Waals surface area contributed by atoms with Gasteiger partial charge in [-0.05, 0) is 87.1 Å². The summed E-state index contributed by atoms with van der Waals surface area (Å²) in [7, 11) is 0. The number of halogens is 2. The van der Waals surface area contributed by atoms with Crippen LogP contribution >= 0.6 is 31.9 Å². The molecular weight excluding hydrogens is 380 g/mol. The lowest BCUT2D eigenvalue weighted by molar-refractivity contribution is 0.185. The molecule has 0 bridgehead atoms. The molecule has 20 heavy (non-hydrogen) atoms. The van der Waals surface area contributed by atoms with Crippen LogP contribution in [0.3, 0.4) is 0 Å². The largest absolute Gasteiger partial charge is 0.329 e. The van der Waals surface area contributed by atoms with Gasteiger partial charge in [0.15, 0.2) is 0 Å². The number of hydrogen-bond donors (Lipinski definition) is 1. The molecule has 0 radical (unpaired) electrons. The molecule has 4 heteroatoms. The quantitative estimate of drug-likeness (QED) is 0.736. The minimum absolute atomic E-state index is 0.362. The van der Waals surface area contributed by atoms with E-state index in [0.29, 0.717) is 12.6 Å². The van der Waals surface area contributed by atoms with E-state index in [9.17, 15) is 0 Å². The molecule has 0 saturated heterocycles. The first kappa shape index (κ1) is 15.0. The molecule has 110 valence electrons. The van der Waals surface area contributed by atoms with Crippen molar-refractivity contribution < 1.29 is 0 Å². The van der Waals surface area contributed by atoms with E-state index in [1.807, 2.05) is 0 Å². The summed E-state index contributed by atoms with van der Waals surface area (Å²) in [6.45, 7) is 3.16. The van der Waals surface area contributed by atoms with E-state index >= 15 is 0 Å². The summed E-state index contributed by atoms with van der Waals surface area (Å²) in [4.78, 5) is 2.64. The lowest BCUT2D eigenvalue weighted by Gasteiger charge is -2.31. The van der Waals surface area contributed by atoms with Gasteiger partial charge in [0.2, 0.25) is 0 Å². The molecule has 2 aliphatic rings. The van der Waals surface area contributed by atoms with Crippen molar-refractivity contribution in [1.82, 2.24) is 4.90 Å². The Bertz CT molecular complexity index is 456. The smallest absolute Gasteiger partial charge is 0.0471 e. The van der Waals surface area contributed by atoms with E-state index in [1.54, 1.807) is 0 Å². The SMILES string of the molecule is NCC(c1ccc(Br)c(Br)c1)N(CC1CC1)CC1CC1. The van der Waals surface area contributed by atoms with Crippen LogP contribution in [0, 0.1) is 11.8 Å². The first-order valence-corrected chi connectivity index (χ1v) is 9.15. The molecule has 2 saturated carbocycles. The van der Waals surface area contributed by atoms with Gasteiger partial charge in [0.1, 0.15) is 0 Å². The summed E-state index contributed by atoms with van der Waals surface area (Å²) in [6, 6.07) is 6.91. The van der Waals surface area contributed by atoms with Crippen molar-refractivity contribution in [3.63, 3.8) is 0 Å². The second-order valence-corrected chi connectivity index (χ2v) is 7.97. The van der Waals surface area contributed by atoms with Gasteiger partial charge in [-0.2, -0.15) is 0 Å². The Labute approximate surface area is 138 Å². The predicted octanol–water partition coefficient (Wildman–Crippen LogP) is 4.33. The Balaban J connectivity index is 1.77. The summed E-state index contributed by atoms with van der Waals surface area (Å²) in [5.74, 6) is 1.84. The van der Waals surface area contributed by atoms with Crippen molar-refractivity contribution in [1.29, 1.82) is 0 Å². The highest BCUT2D eigenvalue weighted by Gasteiger charge is 2.32. The lowest BCUT2D eigenvalue weighted by Crippen LogP contribution is -2.36. The number of rotatable bonds is 7. The first-order chi connectivity index (χ1) is 9.67. The van der Waals surface area contributed by atoms with Gasteiger partial charge in [-0.25, -0.2) is 0 Å². The number of nitrogens with two attached hydrogens (primary N) is 1. The van der Waals surface area contributed by atoms with Crippen molar-refractivity contribution >= 4 is 31.9 Å². The number of nitrogens with zero attached hydrogens (tertiary/aromatic N) is 1. The van der Waals surface area contributed by atoms with E-state index in [-0.39, 0.29) is 0 Å². The highest BCUT2D eigenvalue weighted by Crippen LogP contribution is 2.37. The Morgan fingerprint density at radius 1 is 1.05 bits per heavy atom. The van der Waals surface area contributed by atoms with Gasteiger partial charge in [-0.3, -0.25) is 4.90 Å². The highest BCUT2D eigenvalue weighted by atomic mass is 79.9. The van der Waals surface area contributed by atoms with E-state index in [2.05, 4.69) is 55.0 Å². The average Bonchev–Trinajstić information content (AvgIpc) is 3.30. The fourth-order valence-corrected chi connectivity index (χ4v) is 3.45. The van der Waals surface area contributed by atoms with E-state index in [4.69, 9.17) is 5.73 Å². The van der Waals surface area contributed by atoms with Crippen LogP contribution in [0.25, 0.3) is 0 Å². The molecule has 2 N–H and O–H groups in total. The molecule has 2 fully saturated rings. The van der Waals surface area contributed by atoms with Crippen molar-refractivity contribution in [2.24, 2.45) is 17.6 Å². The molecule has 2 nitrogen and oxygen atoms in total. The van der Waals surface area contributed by atoms with Crippen LogP contribution in [0.5, 0.6) is 0 Å². The monoisotopic (exact) mass is 400 g/mol. The molecule has 0 aliphatic heterocycles. The summed E-state index contributed by atoms with van der Waals surface area (Å²) < 4.78 is 2.22. The predicted molar refractivity (Wildman–Crippen MR) is 90.7 cm³/mol. The Kier molecular flexibility index (Phi) is 4.86. The van der Waals surface area contributed by atoms with Crippen molar-refractivity contribution in [2.75, 3.05) is 19.6 Å². The lowest BCUT2D eigenvalue weighted by atomic mass is 10.0. The molecule has 3 rings (SSSR count). The summed E-state index contributed by atoms with van der Waals surface area (Å²) in [6.07, 6.45) is 5.62. The van der Waals surface area contributed by atoms with Crippen molar-refractivity contribution in [2.45, 2.75) is 31.7 Å². The van der Waals surface area contributed by atoms with Gasteiger partial charge in [0.25, 0.3) is 0 Å². The molecule has 0 heterocycles. The molecule has 1 aromatic rings. The van der Waals surface area contributed by atoms with Gasteiger partial charge in [0.05, 0.1) is 0 Å². The van der Waals surface area contributed by atoms with E-state index in [0.717, 1.165) is 20.8 Å². The third-order valence-corrected chi connectivity index (χ3v) is 6.25. The highest BCUT2D eigenvalue weighted by molar-refractivity contribution is 9.13. The number of hydrogen-bond acceptors (Lipinski definition) is 2. The molecule has 0 amide bonds. The maximum Gasteiger partial charge on any atom is 0.0471 e. The van der Waals surface area contributed by atoms with E-state index < -0.39 is 0 Å². The fraction of sp³-hybridized carbons (Fsp3) is 0.625. The normalized spacial score (nSPS) is 20.4. The van der Waals surface area contributed by atoms with Crippen LogP contribution in [0.2, 0.25) is 0 Å². The van der Waals surface area contributed by atoms with Crippen LogP contribution in [0.4, 0.5) is 0 Å². The van der Waals surface area contributed by atoms with Crippen molar-refractivity contribution in [3.8, 4) is 0 Å². The Morgan fingerprint density at radius 2 is 1.65 bits per heavy atom. The molecule has 1 atom stereocenters. The summed E-state index contributed by atoms with van der Waals surface area (Å²) in [5.41, 5.74) is 7.45. The standard InChI is InChI=1S/C16H22Br2N2/c17-14-6-5-13(7-15(14)18)16(8-19)20(9-11-1-2-11)10-12-3-4-12/h5-7,11-12,16H,1-4,8-10,19H2. The van der Waals surface area contributed by atoms with Crippen molar-refractivity contribution in [3.05, 3.63) is 32.7 Å². The minimum atomic E-state index is 0.362. The summed E-state index contributed by atoms with van der Waals surface area (Å²) in [5, 5.41) is 0. The van der Waals surface area contributed by atoms with Crippen LogP contribution in [-0.4, -0.2) is 24.5 Å². The van der Waals surface area contributed by atoms with Crippen LogP contribution in [-0.2, 0) is 0 Å². The van der Waals surface area contributed by atoms with Gasteiger partial charge in [-0.1, -0.05) is 6.07 Å².